The van der Waals surface area contributed by atoms with E-state index in [0.29, 0.717) is 54.8 Å². The fraction of sp³-hybridized carbons (Fsp3) is 0.963. The Morgan fingerprint density at radius 2 is 0.650 bits per heavy atom. The van der Waals surface area contributed by atoms with Crippen molar-refractivity contribution in [2.45, 2.75) is 247 Å². The van der Waals surface area contributed by atoms with E-state index in [1.807, 2.05) is 0 Å². The van der Waals surface area contributed by atoms with Gasteiger partial charge in [0.1, 0.15) is 78.9 Å². The molecule has 4 saturated carbocycles. The molecule has 0 aromatic carbocycles. The van der Waals surface area contributed by atoms with Crippen LogP contribution >= 0.6 is 0 Å². The molecule has 29 atom stereocenters. The van der Waals surface area contributed by atoms with E-state index in [-0.39, 0.29) is 411 Å². The first-order chi connectivity index (χ1) is 58.9. The van der Waals surface area contributed by atoms with Crippen molar-refractivity contribution < 1.29 is 645 Å². The van der Waals surface area contributed by atoms with Gasteiger partial charge in [0.2, 0.25) is 135 Å². The quantitative estimate of drug-likeness (QED) is 0.0332. The van der Waals surface area contributed by atoms with E-state index >= 15 is 0 Å². The number of nitrogens with zero attached hydrogens (tertiary/aromatic N) is 3. The fourth-order valence-corrected chi connectivity index (χ4v) is 24.0. The Bertz CT molecular complexity index is 5780. The van der Waals surface area contributed by atoms with Crippen LogP contribution in [0.5, 0.6) is 0 Å². The molecule has 0 radical (unpaired) electrons. The SMILES string of the molecule is CC(C)CCC[C@@H](C)[C@H]1CC[C@H]2[C@@H]3CCC4CC(OCc5cn(C6O[C@H](COS(=O)(=O)[O-])C(OC7O[C@H](COS(=O)(=O)[O-])C(OC8O[C@H](COS(=O)(=O)[O-])C(OC9O[C@H](COS(=O)(=O)[O-])[C@@H](OS(=O)(=O)[O-])[C@H](OS(=O)(=O)[O-])[C@H]9OS(=O)(=O)[O-])[C@H](OS(=O)(=O)[O-])[C@H]8OS(=O)(=O)[O-])[C@H](OS(=O)(=O)[O-])[C@H]7OS(=O)(=O)[O-])[C@H](OS(=O)(=O)[O-])[C@H]6OS(=O)(=O)[O-])nn5)CC[C@]4(C)[C@H]3CC[C@]12C.[Na+].[Na+].[Na+].[Na+].[Na+].[Na+].[Na+].[Na+].[Na+].[Na+].[Na+].[Na+].[Na+]. The average molecular weight is 2440 g/mol. The Labute approximate surface area is 1110 Å². The van der Waals surface area contributed by atoms with Gasteiger partial charge in [-0.05, 0) is 110 Å². The minimum atomic E-state index is -7.14. The third-order valence-electron chi connectivity index (χ3n) is 22.9. The zero-order chi connectivity index (χ0) is 97.8. The molecule has 4 aliphatic carbocycles. The molecule has 143 heavy (non-hydrogen) atoms. The molecule has 1 aromatic heterocycles. The van der Waals surface area contributed by atoms with Gasteiger partial charge in [-0.25, -0.2) is 114 Å². The summed E-state index contributed by atoms with van der Waals surface area (Å²) in [5.74, 6) is 3.23. The molecule has 8 aliphatic rings. The van der Waals surface area contributed by atoms with Crippen LogP contribution in [0.3, 0.4) is 0 Å². The normalized spacial score (nSPS) is 32.7. The summed E-state index contributed by atoms with van der Waals surface area (Å²) in [5, 5.41) is 7.62. The number of ether oxygens (including phenoxy) is 8. The van der Waals surface area contributed by atoms with Gasteiger partial charge in [0.25, 0.3) is 0 Å². The van der Waals surface area contributed by atoms with E-state index in [4.69, 9.17) is 37.9 Å². The third-order valence-corrected chi connectivity index (χ3v) is 28.7. The van der Waals surface area contributed by atoms with Gasteiger partial charge in [-0.3, -0.25) is 54.4 Å². The molecule has 0 N–H and O–H groups in total. The zero-order valence-electron chi connectivity index (χ0n) is 79.4. The predicted octanol–water partition coefficient (Wildman–Crippen LogP) is -46.9. The van der Waals surface area contributed by atoms with E-state index < -0.39 is 297 Å². The van der Waals surface area contributed by atoms with Crippen LogP contribution in [0.25, 0.3) is 0 Å². The van der Waals surface area contributed by atoms with Gasteiger partial charge in [0.15, 0.2) is 49.5 Å². The summed E-state index contributed by atoms with van der Waals surface area (Å²) in [6.07, 6.45) is -63.3. The van der Waals surface area contributed by atoms with Crippen LogP contribution in [0.4, 0.5) is 0 Å². The van der Waals surface area contributed by atoms with Crippen molar-refractivity contribution in [3.63, 3.8) is 0 Å². The van der Waals surface area contributed by atoms with Crippen LogP contribution in [-0.4, -0.2) is 333 Å². The number of hydrogen-bond acceptors (Lipinski definition) is 62. The molecule has 760 valence electrons. The molecule has 4 aliphatic heterocycles. The molecule has 63 nitrogen and oxygen atoms in total. The van der Waals surface area contributed by atoms with Crippen LogP contribution in [0.1, 0.15) is 124 Å². The Kier molecular flexibility index (Phi) is 73.5. The van der Waals surface area contributed by atoms with Gasteiger partial charge >= 0.3 is 384 Å². The van der Waals surface area contributed by atoms with Crippen molar-refractivity contribution in [1.82, 2.24) is 15.0 Å². The van der Waals surface area contributed by atoms with Crippen LogP contribution in [0.2, 0.25) is 0 Å². The van der Waals surface area contributed by atoms with Crippen molar-refractivity contribution in [2.75, 3.05) is 26.4 Å². The number of hydrogen-bond donors (Lipinski definition) is 0. The summed E-state index contributed by atoms with van der Waals surface area (Å²) < 4.78 is 585. The standard InChI is InChI=1S/C54H91N3O60S13.13Na/c1-24(2)7-6-8-25(3)30-11-12-31-29-10-9-26-17-28(13-15-53(26,4)32(29)14-16-54(30,31)5)97-19-27-18-57(56-55-27)49-45(114-127(85,86)87)41(110-123(73,74)75)37(33(102-49)20-98-118(58,59)60)106-50-46(115-128(88,89)90)42(111-124(76,77)78)38(34(103-50)21-99-119(61,62)63)107-51-47(116-129(91,92)93)43(112-125(79,80)81)39(35(104-51)22-100-120(64,65)66)108-52-48(117-130(94,95)96)44(113-126(82,83)84)40(109-122(70,71)72)36(105-52)23-101-121(67,68)69;;;;;;;;;;;;;/h18,24-26,28-52H,6-17,19-23H2,1-5H3,(H,58,59,60)(H,61,62,63)(H,64,65,66)(H,67,68,69)(H,70,71,72)(H,73,74,75)(H,76,77,78)(H,79,80,81)(H,82,83,84)(H,85,86,87)(H,88,89,90)(H,91,92,93)(H,94,95,96);;;;;;;;;;;;;/q;13*+1/p-13/t25-,26?,28?,29+,30-,31+,32+,33-,34-,35-,36-,37?,38?,39?,40-,41+,42+,43+,44+,45-,46-,47-,48-,49?,50?,51?,52?,53+,54-;;;;;;;;;;;;;/m1............./s1. The molecule has 9 unspecified atom stereocenters. The minimum Gasteiger partial charge on any atom is -0.726 e. The molecule has 5 heterocycles. The van der Waals surface area contributed by atoms with Crippen LogP contribution in [-0.2, 0) is 234 Å². The molecular weight excluding hydrogens is 2370 g/mol. The zero-order valence-corrected chi connectivity index (χ0v) is 116. The summed E-state index contributed by atoms with van der Waals surface area (Å²) in [5.41, 5.74) is -0.245. The predicted molar refractivity (Wildman–Crippen MR) is 380 cm³/mol. The molecule has 1 aromatic rings. The molecular formula is C54H78N3Na13O60S13. The van der Waals surface area contributed by atoms with Crippen LogP contribution in [0, 0.1) is 52.3 Å². The second-order valence-electron chi connectivity index (χ2n) is 31.6. The third kappa shape index (κ3) is 51.9. The van der Waals surface area contributed by atoms with Gasteiger partial charge < -0.3 is 97.1 Å². The van der Waals surface area contributed by atoms with E-state index in [2.05, 4.69) is 99.3 Å². The van der Waals surface area contributed by atoms with Crippen molar-refractivity contribution in [1.29, 1.82) is 0 Å². The van der Waals surface area contributed by atoms with E-state index in [1.54, 1.807) is 0 Å². The largest absolute Gasteiger partial charge is 1.00 e. The van der Waals surface area contributed by atoms with Crippen LogP contribution in [0.15, 0.2) is 6.20 Å². The first kappa shape index (κ1) is 162. The summed E-state index contributed by atoms with van der Waals surface area (Å²) in [7, 11) is -88.2. The topological polar surface area (TPSA) is 968 Å². The Morgan fingerprint density at radius 1 is 0.350 bits per heavy atom. The summed E-state index contributed by atoms with van der Waals surface area (Å²) >= 11 is 0. The maximum atomic E-state index is 13.0. The Hall–Kier alpha value is 10.1. The molecule has 0 bridgehead atoms. The van der Waals surface area contributed by atoms with Gasteiger partial charge in [0.05, 0.1) is 45.3 Å². The molecule has 0 amide bonds. The second-order valence-corrected chi connectivity index (χ2v) is 44.9. The molecule has 4 saturated heterocycles. The second kappa shape index (κ2) is 65.0. The minimum absolute atomic E-state index is 0. The van der Waals surface area contributed by atoms with Gasteiger partial charge in [-0.2, -0.15) is 0 Å². The van der Waals surface area contributed by atoms with E-state index in [0.717, 1.165) is 64.0 Å². The van der Waals surface area contributed by atoms with Gasteiger partial charge in [-0.1, -0.05) is 59.1 Å². The number of rotatable bonds is 45. The smallest absolute Gasteiger partial charge is 0.726 e. The summed E-state index contributed by atoms with van der Waals surface area (Å²) in [6.45, 7) is 1.32. The monoisotopic (exact) mass is 2440 g/mol. The van der Waals surface area contributed by atoms with Crippen molar-refractivity contribution in [3.05, 3.63) is 11.9 Å². The Balaban J connectivity index is -0.00000488. The summed E-state index contributed by atoms with van der Waals surface area (Å²) in [6, 6.07) is 0. The van der Waals surface area contributed by atoms with Crippen LogP contribution < -0.4 is 384 Å². The maximum Gasteiger partial charge on any atom is 1.00 e. The van der Waals surface area contributed by atoms with E-state index in [1.165, 1.54) is 0 Å². The fourth-order valence-electron chi connectivity index (χ4n) is 18.5. The first-order valence-electron chi connectivity index (χ1n) is 37.2. The number of aromatic nitrogens is 3. The molecule has 8 fully saturated rings. The molecule has 0 spiro atoms. The Morgan fingerprint density at radius 3 is 0.993 bits per heavy atom. The van der Waals surface area contributed by atoms with Crippen molar-refractivity contribution in [3.8, 4) is 0 Å². The maximum absolute atomic E-state index is 13.0. The average Bonchev–Trinajstić information content (AvgIpc) is 1.59. The molecule has 89 heteroatoms. The van der Waals surface area contributed by atoms with E-state index in [9.17, 15) is 169 Å². The summed E-state index contributed by atoms with van der Waals surface area (Å²) in [4.78, 5) is 0. The van der Waals surface area contributed by atoms with Gasteiger partial charge in [-0.15, -0.1) is 5.10 Å². The van der Waals surface area contributed by atoms with Crippen molar-refractivity contribution in [2.24, 2.45) is 52.3 Å². The van der Waals surface area contributed by atoms with Gasteiger partial charge in [0, 0.05) is 0 Å². The molecule has 9 rings (SSSR count). The van der Waals surface area contributed by atoms with Crippen molar-refractivity contribution >= 4 is 135 Å². The number of fused-ring (bicyclic) bond motifs is 5. The first-order valence-corrected chi connectivity index (χ1v) is 54.5.